The van der Waals surface area contributed by atoms with Gasteiger partial charge in [-0.25, -0.2) is 8.42 Å². The standard InChI is InChI=1S/C19H22N4O3S/c1-27(25,26)23(14-19(24)22-12-15-6-9-20-10-7-15)11-8-16-13-21-18-5-3-2-4-17(16)18/h2-7,9-10,13,21H,8,11-12,14H2,1H3,(H,22,24). The number of pyridine rings is 1. The maximum Gasteiger partial charge on any atom is 0.235 e. The normalized spacial score (nSPS) is 11.8. The van der Waals surface area contributed by atoms with Crippen molar-refractivity contribution in [2.45, 2.75) is 13.0 Å². The van der Waals surface area contributed by atoms with Gasteiger partial charge >= 0.3 is 0 Å². The van der Waals surface area contributed by atoms with Gasteiger partial charge in [-0.15, -0.1) is 0 Å². The van der Waals surface area contributed by atoms with Gasteiger partial charge in [0, 0.05) is 42.6 Å². The summed E-state index contributed by atoms with van der Waals surface area (Å²) in [5, 5.41) is 3.81. The van der Waals surface area contributed by atoms with Crippen LogP contribution >= 0.6 is 0 Å². The van der Waals surface area contributed by atoms with Crippen molar-refractivity contribution in [3.05, 3.63) is 66.1 Å². The quantitative estimate of drug-likeness (QED) is 0.616. The van der Waals surface area contributed by atoms with E-state index in [-0.39, 0.29) is 19.0 Å². The van der Waals surface area contributed by atoms with Crippen LogP contribution in [-0.4, -0.2) is 47.9 Å². The number of sulfonamides is 1. The fourth-order valence-electron chi connectivity index (χ4n) is 2.86. The van der Waals surface area contributed by atoms with Crippen molar-refractivity contribution in [3.63, 3.8) is 0 Å². The third-order valence-electron chi connectivity index (χ3n) is 4.33. The molecule has 0 radical (unpaired) electrons. The van der Waals surface area contributed by atoms with Crippen molar-refractivity contribution < 1.29 is 13.2 Å². The van der Waals surface area contributed by atoms with E-state index in [2.05, 4.69) is 15.3 Å². The summed E-state index contributed by atoms with van der Waals surface area (Å²) < 4.78 is 25.4. The number of aromatic amines is 1. The zero-order chi connectivity index (χ0) is 19.3. The van der Waals surface area contributed by atoms with E-state index in [0.717, 1.165) is 28.3 Å². The molecule has 0 aliphatic heterocycles. The number of nitrogens with zero attached hydrogens (tertiary/aromatic N) is 2. The van der Waals surface area contributed by atoms with Crippen molar-refractivity contribution >= 4 is 26.8 Å². The molecule has 7 nitrogen and oxygen atoms in total. The van der Waals surface area contributed by atoms with E-state index in [1.54, 1.807) is 24.5 Å². The Morgan fingerprint density at radius 1 is 1.19 bits per heavy atom. The minimum Gasteiger partial charge on any atom is -0.361 e. The Labute approximate surface area is 158 Å². The number of carbonyl (C=O) groups is 1. The zero-order valence-electron chi connectivity index (χ0n) is 15.1. The number of H-pyrrole nitrogens is 1. The predicted octanol–water partition coefficient (Wildman–Crippen LogP) is 1.68. The molecule has 0 unspecified atom stereocenters. The second-order valence-corrected chi connectivity index (χ2v) is 8.32. The molecule has 142 valence electrons. The van der Waals surface area contributed by atoms with Gasteiger partial charge in [0.2, 0.25) is 15.9 Å². The summed E-state index contributed by atoms with van der Waals surface area (Å²) >= 11 is 0. The number of para-hydroxylation sites is 1. The topological polar surface area (TPSA) is 95.2 Å². The van der Waals surface area contributed by atoms with Crippen molar-refractivity contribution in [2.24, 2.45) is 0 Å². The molecule has 0 spiro atoms. The van der Waals surface area contributed by atoms with Gasteiger partial charge in [0.15, 0.2) is 0 Å². The van der Waals surface area contributed by atoms with E-state index >= 15 is 0 Å². The van der Waals surface area contributed by atoms with Gasteiger partial charge in [-0.2, -0.15) is 4.31 Å². The highest BCUT2D eigenvalue weighted by atomic mass is 32.2. The largest absolute Gasteiger partial charge is 0.361 e. The molecule has 0 saturated carbocycles. The number of amides is 1. The van der Waals surface area contributed by atoms with E-state index in [9.17, 15) is 13.2 Å². The second-order valence-electron chi connectivity index (χ2n) is 6.34. The van der Waals surface area contributed by atoms with Crippen LogP contribution < -0.4 is 5.32 Å². The van der Waals surface area contributed by atoms with Gasteiger partial charge in [0.05, 0.1) is 12.8 Å². The van der Waals surface area contributed by atoms with Crippen LogP contribution in [-0.2, 0) is 27.8 Å². The van der Waals surface area contributed by atoms with Crippen LogP contribution in [0.5, 0.6) is 0 Å². The van der Waals surface area contributed by atoms with Crippen molar-refractivity contribution in [2.75, 3.05) is 19.3 Å². The van der Waals surface area contributed by atoms with Crippen LogP contribution in [0, 0.1) is 0 Å². The molecule has 0 aliphatic carbocycles. The van der Waals surface area contributed by atoms with Crippen LogP contribution in [0.3, 0.4) is 0 Å². The van der Waals surface area contributed by atoms with Crippen LogP contribution in [0.25, 0.3) is 10.9 Å². The summed E-state index contributed by atoms with van der Waals surface area (Å²) in [5.41, 5.74) is 2.94. The smallest absolute Gasteiger partial charge is 0.235 e. The Balaban J connectivity index is 1.61. The van der Waals surface area contributed by atoms with Crippen LogP contribution in [0.1, 0.15) is 11.1 Å². The van der Waals surface area contributed by atoms with Gasteiger partial charge in [0.1, 0.15) is 0 Å². The number of hydrogen-bond acceptors (Lipinski definition) is 4. The van der Waals surface area contributed by atoms with E-state index < -0.39 is 10.0 Å². The van der Waals surface area contributed by atoms with Crippen molar-refractivity contribution in [1.82, 2.24) is 19.6 Å². The number of fused-ring (bicyclic) bond motifs is 1. The predicted molar refractivity (Wildman–Crippen MR) is 105 cm³/mol. The Morgan fingerprint density at radius 2 is 1.93 bits per heavy atom. The molecule has 27 heavy (non-hydrogen) atoms. The molecule has 3 rings (SSSR count). The molecule has 0 fully saturated rings. The van der Waals surface area contributed by atoms with E-state index in [1.807, 2.05) is 30.5 Å². The molecule has 0 saturated heterocycles. The fourth-order valence-corrected chi connectivity index (χ4v) is 3.64. The number of nitrogens with one attached hydrogen (secondary N) is 2. The first kappa shape index (κ1) is 19.1. The maximum atomic E-state index is 12.2. The third-order valence-corrected chi connectivity index (χ3v) is 5.58. The Hall–Kier alpha value is -2.71. The van der Waals surface area contributed by atoms with Gasteiger partial charge < -0.3 is 10.3 Å². The minimum atomic E-state index is -3.50. The Morgan fingerprint density at radius 3 is 2.67 bits per heavy atom. The molecule has 0 bridgehead atoms. The van der Waals surface area contributed by atoms with Gasteiger partial charge in [0.25, 0.3) is 0 Å². The lowest BCUT2D eigenvalue weighted by molar-refractivity contribution is -0.121. The molecule has 0 atom stereocenters. The minimum absolute atomic E-state index is 0.202. The summed E-state index contributed by atoms with van der Waals surface area (Å²) in [4.78, 5) is 19.3. The van der Waals surface area contributed by atoms with Gasteiger partial charge in [-0.1, -0.05) is 18.2 Å². The molecular formula is C19H22N4O3S. The van der Waals surface area contributed by atoms with Crippen molar-refractivity contribution in [3.8, 4) is 0 Å². The summed E-state index contributed by atoms with van der Waals surface area (Å²) in [6.07, 6.45) is 6.82. The molecule has 2 N–H and O–H groups in total. The van der Waals surface area contributed by atoms with Crippen LogP contribution in [0.15, 0.2) is 55.0 Å². The van der Waals surface area contributed by atoms with E-state index in [0.29, 0.717) is 13.0 Å². The third kappa shape index (κ3) is 5.15. The highest BCUT2D eigenvalue weighted by molar-refractivity contribution is 7.88. The summed E-state index contributed by atoms with van der Waals surface area (Å²) in [6.45, 7) is 0.372. The lowest BCUT2D eigenvalue weighted by atomic mass is 10.1. The number of carbonyl (C=O) groups excluding carboxylic acids is 1. The molecular weight excluding hydrogens is 364 g/mol. The SMILES string of the molecule is CS(=O)(=O)N(CCc1c[nH]c2ccccc12)CC(=O)NCc1ccncc1. The number of benzene rings is 1. The average molecular weight is 386 g/mol. The Bertz CT molecular complexity index is 1020. The van der Waals surface area contributed by atoms with E-state index in [1.165, 1.54) is 4.31 Å². The van der Waals surface area contributed by atoms with Crippen molar-refractivity contribution in [1.29, 1.82) is 0 Å². The molecule has 1 amide bonds. The molecule has 1 aromatic carbocycles. The summed E-state index contributed by atoms with van der Waals surface area (Å²) in [5.74, 6) is -0.337. The number of aromatic nitrogens is 2. The first-order valence-electron chi connectivity index (χ1n) is 8.59. The Kier molecular flexibility index (Phi) is 5.88. The molecule has 3 aromatic rings. The lowest BCUT2D eigenvalue weighted by Gasteiger charge is -2.19. The molecule has 2 aromatic heterocycles. The molecule has 2 heterocycles. The first-order chi connectivity index (χ1) is 12.9. The number of rotatable bonds is 8. The molecule has 0 aliphatic rings. The summed E-state index contributed by atoms with van der Waals surface area (Å²) in [6, 6.07) is 11.4. The van der Waals surface area contributed by atoms with E-state index in [4.69, 9.17) is 0 Å². The fraction of sp³-hybridized carbons (Fsp3) is 0.263. The first-order valence-corrected chi connectivity index (χ1v) is 10.4. The van der Waals surface area contributed by atoms with Crippen LogP contribution in [0.2, 0.25) is 0 Å². The average Bonchev–Trinajstić information content (AvgIpc) is 3.06. The zero-order valence-corrected chi connectivity index (χ0v) is 15.9. The van der Waals surface area contributed by atoms with Gasteiger partial charge in [-0.3, -0.25) is 9.78 Å². The highest BCUT2D eigenvalue weighted by Crippen LogP contribution is 2.18. The second kappa shape index (κ2) is 8.32. The lowest BCUT2D eigenvalue weighted by Crippen LogP contribution is -2.41. The maximum absolute atomic E-state index is 12.2. The summed E-state index contributed by atoms with van der Waals surface area (Å²) in [7, 11) is -3.50. The molecule has 8 heteroatoms. The highest BCUT2D eigenvalue weighted by Gasteiger charge is 2.20. The van der Waals surface area contributed by atoms with Crippen LogP contribution in [0.4, 0.5) is 0 Å². The van der Waals surface area contributed by atoms with Gasteiger partial charge in [-0.05, 0) is 35.7 Å². The monoisotopic (exact) mass is 386 g/mol. The number of hydrogen-bond donors (Lipinski definition) is 2.